The molecule has 2 heteroatoms. The fourth-order valence-electron chi connectivity index (χ4n) is 1.34. The standard InChI is InChI=1S/C14H12.2V/c1-11-3-7-13(8-4-11)14-9-5-12(2)6-10-14;;/h3-7,9H,1-2H3;;/q-2;;+2. The maximum absolute atomic E-state index is 3.24. The molecule has 0 N–H and O–H groups in total. The summed E-state index contributed by atoms with van der Waals surface area (Å²) < 4.78 is 0. The summed E-state index contributed by atoms with van der Waals surface area (Å²) in [5.41, 5.74) is 4.69. The normalized spacial score (nSPS) is 8.88. The Morgan fingerprint density at radius 3 is 1.38 bits per heavy atom. The first-order chi connectivity index (χ1) is 6.75. The molecular formula is C14H12V2. The Labute approximate surface area is 121 Å². The van der Waals surface area contributed by atoms with E-state index in [4.69, 9.17) is 0 Å². The van der Waals surface area contributed by atoms with Crippen LogP contribution in [0.1, 0.15) is 11.1 Å². The summed E-state index contributed by atoms with van der Waals surface area (Å²) in [5.74, 6) is 0. The Balaban J connectivity index is 0.00000112. The Morgan fingerprint density at radius 1 is 0.750 bits per heavy atom. The van der Waals surface area contributed by atoms with Gasteiger partial charge in [-0.05, 0) is 0 Å². The fraction of sp³-hybridized carbons (Fsp3) is 0.143. The number of hydrogen-bond acceptors (Lipinski definition) is 0. The van der Waals surface area contributed by atoms with Crippen LogP contribution in [0.4, 0.5) is 0 Å². The minimum absolute atomic E-state index is 0. The number of benzene rings is 2. The van der Waals surface area contributed by atoms with E-state index in [0.29, 0.717) is 0 Å². The third kappa shape index (κ3) is 3.88. The first kappa shape index (κ1) is 15.6. The van der Waals surface area contributed by atoms with Crippen molar-refractivity contribution in [1.29, 1.82) is 0 Å². The molecule has 0 spiro atoms. The Hall–Kier alpha value is -0.391. The Morgan fingerprint density at radius 2 is 1.12 bits per heavy atom. The van der Waals surface area contributed by atoms with Gasteiger partial charge in [-0.15, -0.1) is 11.1 Å². The van der Waals surface area contributed by atoms with Crippen LogP contribution in [0, 0.1) is 26.0 Å². The molecule has 0 aliphatic carbocycles. The molecule has 16 heavy (non-hydrogen) atoms. The molecule has 0 unspecified atom stereocenters. The number of rotatable bonds is 1. The van der Waals surface area contributed by atoms with Crippen molar-refractivity contribution in [2.75, 3.05) is 0 Å². The van der Waals surface area contributed by atoms with Crippen molar-refractivity contribution >= 4 is 0 Å². The van der Waals surface area contributed by atoms with Gasteiger partial charge in [-0.25, -0.2) is 11.1 Å². The van der Waals surface area contributed by atoms with Crippen LogP contribution in [0.25, 0.3) is 11.1 Å². The molecule has 0 amide bonds. The van der Waals surface area contributed by atoms with Crippen molar-refractivity contribution in [3.63, 3.8) is 0 Å². The predicted octanol–water partition coefficient (Wildman–Crippen LogP) is 3.57. The van der Waals surface area contributed by atoms with E-state index in [-0.39, 0.29) is 37.1 Å². The van der Waals surface area contributed by atoms with Gasteiger partial charge in [0.2, 0.25) is 0 Å². The monoisotopic (exact) mass is 282 g/mol. The minimum atomic E-state index is 0. The summed E-state index contributed by atoms with van der Waals surface area (Å²) >= 11 is 0. The van der Waals surface area contributed by atoms with Crippen LogP contribution in [0.15, 0.2) is 36.4 Å². The van der Waals surface area contributed by atoms with Crippen LogP contribution in [0.2, 0.25) is 0 Å². The first-order valence-corrected chi connectivity index (χ1v) is 4.73. The SMILES string of the molecule is Cc1c[c-]c(-c2[c-]cc(C)cc2)cc1.[V+2].[V]. The van der Waals surface area contributed by atoms with Crippen LogP contribution < -0.4 is 0 Å². The van der Waals surface area contributed by atoms with Gasteiger partial charge in [-0.1, -0.05) is 13.8 Å². The third-order valence-electron chi connectivity index (χ3n) is 2.23. The Kier molecular flexibility index (Phi) is 6.86. The van der Waals surface area contributed by atoms with Crippen molar-refractivity contribution in [2.24, 2.45) is 0 Å². The van der Waals surface area contributed by atoms with Gasteiger partial charge in [-0.3, -0.25) is 0 Å². The molecule has 2 rings (SSSR count). The summed E-state index contributed by atoms with van der Waals surface area (Å²) in [7, 11) is 0. The van der Waals surface area contributed by atoms with E-state index in [1.165, 1.54) is 11.1 Å². The van der Waals surface area contributed by atoms with E-state index in [1.807, 2.05) is 12.1 Å². The molecule has 0 bridgehead atoms. The van der Waals surface area contributed by atoms with Crippen LogP contribution in [-0.2, 0) is 37.1 Å². The average molecular weight is 282 g/mol. The number of aryl methyl sites for hydroxylation is 2. The topological polar surface area (TPSA) is 0 Å². The summed E-state index contributed by atoms with van der Waals surface area (Å²) in [6.45, 7) is 4.14. The maximum atomic E-state index is 3.24. The molecule has 2 radical (unpaired) electrons. The van der Waals surface area contributed by atoms with Crippen molar-refractivity contribution < 1.29 is 37.1 Å². The van der Waals surface area contributed by atoms with Gasteiger partial charge in [0.05, 0.1) is 0 Å². The summed E-state index contributed by atoms with van der Waals surface area (Å²) in [6, 6.07) is 18.8. The molecule has 0 aliphatic heterocycles. The summed E-state index contributed by atoms with van der Waals surface area (Å²) in [6.07, 6.45) is 0. The van der Waals surface area contributed by atoms with E-state index in [9.17, 15) is 0 Å². The van der Waals surface area contributed by atoms with Gasteiger partial charge in [0.1, 0.15) is 0 Å². The van der Waals surface area contributed by atoms with E-state index in [2.05, 4.69) is 50.2 Å². The molecule has 0 aliphatic rings. The van der Waals surface area contributed by atoms with E-state index in [1.54, 1.807) is 0 Å². The molecule has 0 aromatic heterocycles. The maximum Gasteiger partial charge on any atom is 2.00 e. The van der Waals surface area contributed by atoms with Crippen molar-refractivity contribution in [3.8, 4) is 11.1 Å². The van der Waals surface area contributed by atoms with Gasteiger partial charge in [0.25, 0.3) is 0 Å². The molecule has 0 heterocycles. The second-order valence-corrected chi connectivity index (χ2v) is 3.56. The van der Waals surface area contributed by atoms with E-state index < -0.39 is 0 Å². The molecule has 2 aromatic rings. The van der Waals surface area contributed by atoms with Crippen molar-refractivity contribution in [2.45, 2.75) is 13.8 Å². The molecule has 0 fully saturated rings. The summed E-state index contributed by atoms with van der Waals surface area (Å²) in [4.78, 5) is 0. The minimum Gasteiger partial charge on any atom is -0.226 e. The molecule has 0 saturated heterocycles. The second-order valence-electron chi connectivity index (χ2n) is 3.56. The quantitative estimate of drug-likeness (QED) is 0.701. The van der Waals surface area contributed by atoms with Crippen LogP contribution >= 0.6 is 0 Å². The number of hydrogen-bond donors (Lipinski definition) is 0. The van der Waals surface area contributed by atoms with E-state index >= 15 is 0 Å². The predicted molar refractivity (Wildman–Crippen MR) is 59.0 cm³/mol. The Bertz CT molecular complexity index is 372. The zero-order valence-electron chi connectivity index (χ0n) is 9.36. The zero-order chi connectivity index (χ0) is 9.97. The van der Waals surface area contributed by atoms with Gasteiger partial charge in [-0.2, -0.15) is 48.5 Å². The molecule has 0 atom stereocenters. The molecule has 78 valence electrons. The average Bonchev–Trinajstić information content (AvgIpc) is 2.21. The molecular weight excluding hydrogens is 270 g/mol. The van der Waals surface area contributed by atoms with E-state index in [0.717, 1.165) is 11.1 Å². The van der Waals surface area contributed by atoms with Gasteiger partial charge in [0.15, 0.2) is 0 Å². The zero-order valence-corrected chi connectivity index (χ0v) is 12.2. The van der Waals surface area contributed by atoms with Gasteiger partial charge >= 0.3 is 18.6 Å². The van der Waals surface area contributed by atoms with Crippen LogP contribution in [-0.4, -0.2) is 0 Å². The van der Waals surface area contributed by atoms with Crippen LogP contribution in [0.3, 0.4) is 0 Å². The molecule has 2 aromatic carbocycles. The van der Waals surface area contributed by atoms with Crippen molar-refractivity contribution in [3.05, 3.63) is 59.7 Å². The molecule has 0 nitrogen and oxygen atoms in total. The first-order valence-electron chi connectivity index (χ1n) is 4.73. The fourth-order valence-corrected chi connectivity index (χ4v) is 1.34. The van der Waals surface area contributed by atoms with Gasteiger partial charge < -0.3 is 0 Å². The second kappa shape index (κ2) is 7.04. The summed E-state index contributed by atoms with van der Waals surface area (Å²) in [5, 5.41) is 0. The smallest absolute Gasteiger partial charge is 0.226 e. The largest absolute Gasteiger partial charge is 2.00 e. The van der Waals surface area contributed by atoms with Crippen LogP contribution in [0.5, 0.6) is 0 Å². The molecule has 0 saturated carbocycles. The van der Waals surface area contributed by atoms with Crippen molar-refractivity contribution in [1.82, 2.24) is 0 Å². The van der Waals surface area contributed by atoms with Gasteiger partial charge in [0, 0.05) is 18.6 Å². The third-order valence-corrected chi connectivity index (χ3v) is 2.23.